The average Bonchev–Trinajstić information content (AvgIpc) is 3.16. The van der Waals surface area contributed by atoms with Crippen LogP contribution >= 0.6 is 11.3 Å². The van der Waals surface area contributed by atoms with Crippen LogP contribution in [0, 0.1) is 15.9 Å². The highest BCUT2D eigenvalue weighted by molar-refractivity contribution is 7.13. The molecule has 0 saturated heterocycles. The van der Waals surface area contributed by atoms with Crippen LogP contribution in [0.15, 0.2) is 46.5 Å². The average molecular weight is 397 g/mol. The summed E-state index contributed by atoms with van der Waals surface area (Å²) in [7, 11) is 0. The third kappa shape index (κ3) is 2.69. The van der Waals surface area contributed by atoms with E-state index in [1.165, 1.54) is 29.5 Å². The molecule has 140 valence electrons. The molecule has 1 fully saturated rings. The van der Waals surface area contributed by atoms with E-state index in [1.54, 1.807) is 18.3 Å². The molecule has 0 unspecified atom stereocenters. The van der Waals surface area contributed by atoms with E-state index < -0.39 is 4.92 Å². The van der Waals surface area contributed by atoms with Crippen LogP contribution in [0.4, 0.5) is 26.6 Å². The molecule has 0 aliphatic heterocycles. The molecule has 0 N–H and O–H groups in total. The number of nitro benzene ring substituents is 1. The Balaban J connectivity index is 1.77. The van der Waals surface area contributed by atoms with Gasteiger partial charge < -0.3 is 0 Å². The van der Waals surface area contributed by atoms with Gasteiger partial charge in [0.05, 0.1) is 16.3 Å². The number of hydrogen-bond acceptors (Lipinski definition) is 8. The molecule has 0 atom stereocenters. The predicted molar refractivity (Wildman–Crippen MR) is 101 cm³/mol. The van der Waals surface area contributed by atoms with Crippen LogP contribution in [-0.4, -0.2) is 20.2 Å². The van der Waals surface area contributed by atoms with Crippen molar-refractivity contribution in [3.63, 3.8) is 0 Å². The first-order valence-corrected chi connectivity index (χ1v) is 9.40. The van der Waals surface area contributed by atoms with Crippen molar-refractivity contribution >= 4 is 44.6 Å². The van der Waals surface area contributed by atoms with Gasteiger partial charge in [0.1, 0.15) is 5.82 Å². The topological polar surface area (TPSA) is 98.2 Å². The summed E-state index contributed by atoms with van der Waals surface area (Å²) in [5.74, 6) is -0.0289. The van der Waals surface area contributed by atoms with E-state index in [-0.39, 0.29) is 28.5 Å². The second-order valence-electron chi connectivity index (χ2n) is 6.45. The van der Waals surface area contributed by atoms with Crippen molar-refractivity contribution in [1.82, 2.24) is 15.3 Å². The van der Waals surface area contributed by atoms with Gasteiger partial charge in [0, 0.05) is 17.6 Å². The molecule has 2 aromatic heterocycles. The van der Waals surface area contributed by atoms with Crippen LogP contribution in [0.1, 0.15) is 24.3 Å². The van der Waals surface area contributed by atoms with E-state index >= 15 is 0 Å². The Kier molecular flexibility index (Phi) is 3.79. The molecule has 0 spiro atoms. The molecular formula is C18H12FN5O3S. The minimum absolute atomic E-state index is 0.0548. The van der Waals surface area contributed by atoms with Gasteiger partial charge in [-0.05, 0) is 58.9 Å². The second kappa shape index (κ2) is 6.34. The first-order chi connectivity index (χ1) is 13.6. The Morgan fingerprint density at radius 3 is 2.68 bits per heavy atom. The molecule has 0 radical (unpaired) electrons. The number of thiazole rings is 1. The maximum Gasteiger partial charge on any atom is 0.300 e. The smallest absolute Gasteiger partial charge is 0.284 e. The molecule has 0 amide bonds. The predicted octanol–water partition coefficient (Wildman–Crippen LogP) is 5.07. The molecule has 0 bridgehead atoms. The van der Waals surface area contributed by atoms with Crippen LogP contribution in [0.25, 0.3) is 11.0 Å². The fraction of sp³-hybridized carbons (Fsp3) is 0.167. The molecule has 1 saturated carbocycles. The molecular weight excluding hydrogens is 385 g/mol. The monoisotopic (exact) mass is 397 g/mol. The highest BCUT2D eigenvalue weighted by Crippen LogP contribution is 2.49. The normalized spacial score (nSPS) is 13.8. The number of aromatic nitrogens is 3. The number of rotatable bonds is 5. The summed E-state index contributed by atoms with van der Waals surface area (Å²) >= 11 is 1.40. The van der Waals surface area contributed by atoms with E-state index in [4.69, 9.17) is 4.63 Å². The van der Waals surface area contributed by atoms with E-state index in [0.717, 1.165) is 24.1 Å². The molecule has 28 heavy (non-hydrogen) atoms. The molecule has 4 aromatic rings. The van der Waals surface area contributed by atoms with Crippen molar-refractivity contribution in [3.05, 3.63) is 63.4 Å². The number of halogens is 1. The number of fused-ring (bicyclic) bond motifs is 1. The lowest BCUT2D eigenvalue weighted by Crippen LogP contribution is -2.13. The van der Waals surface area contributed by atoms with Gasteiger partial charge >= 0.3 is 5.69 Å². The second-order valence-corrected chi connectivity index (χ2v) is 7.32. The third-order valence-corrected chi connectivity index (χ3v) is 5.43. The number of anilines is 3. The first kappa shape index (κ1) is 16.8. The van der Waals surface area contributed by atoms with Crippen LogP contribution in [-0.2, 0) is 0 Å². The lowest BCUT2D eigenvalue weighted by molar-refractivity contribution is -0.383. The summed E-state index contributed by atoms with van der Waals surface area (Å²) in [4.78, 5) is 17.0. The summed E-state index contributed by atoms with van der Waals surface area (Å²) in [5, 5.41) is 21.4. The highest BCUT2D eigenvalue weighted by atomic mass is 32.1. The van der Waals surface area contributed by atoms with Gasteiger partial charge in [0.2, 0.25) is 5.52 Å². The quantitative estimate of drug-likeness (QED) is 0.342. The first-order valence-electron chi connectivity index (χ1n) is 8.52. The van der Waals surface area contributed by atoms with E-state index in [9.17, 15) is 14.5 Å². The van der Waals surface area contributed by atoms with Crippen molar-refractivity contribution in [1.29, 1.82) is 0 Å². The Hall–Kier alpha value is -3.40. The van der Waals surface area contributed by atoms with Crippen molar-refractivity contribution in [2.45, 2.75) is 18.8 Å². The van der Waals surface area contributed by atoms with Gasteiger partial charge in [-0.2, -0.15) is 0 Å². The standard InChI is InChI=1S/C18H12FN5O3S/c19-11-3-4-13(12(9-11)10-1-2-10)23(18-20-7-8-28-18)14-5-6-15(24(25)26)17-16(14)21-27-22-17/h3-10H,1-2H2. The summed E-state index contributed by atoms with van der Waals surface area (Å²) in [6, 6.07) is 7.59. The fourth-order valence-corrected chi connectivity index (χ4v) is 3.95. The maximum absolute atomic E-state index is 13.9. The molecule has 1 aliphatic carbocycles. The Morgan fingerprint density at radius 2 is 1.96 bits per heavy atom. The number of benzene rings is 2. The van der Waals surface area contributed by atoms with Gasteiger partial charge in [-0.1, -0.05) is 0 Å². The Bertz CT molecular complexity index is 1190. The molecule has 10 heteroatoms. The lowest BCUT2D eigenvalue weighted by atomic mass is 10.1. The van der Waals surface area contributed by atoms with Crippen LogP contribution in [0.5, 0.6) is 0 Å². The number of non-ortho nitro benzene ring substituents is 1. The molecule has 8 nitrogen and oxygen atoms in total. The van der Waals surface area contributed by atoms with Gasteiger partial charge in [-0.15, -0.1) is 11.3 Å². The van der Waals surface area contributed by atoms with Crippen molar-refractivity contribution < 1.29 is 13.9 Å². The van der Waals surface area contributed by atoms with Gasteiger partial charge in [0.25, 0.3) is 0 Å². The van der Waals surface area contributed by atoms with Gasteiger partial charge in [-0.25, -0.2) is 14.0 Å². The zero-order valence-corrected chi connectivity index (χ0v) is 15.1. The van der Waals surface area contributed by atoms with Crippen LogP contribution in [0.3, 0.4) is 0 Å². The number of hydrogen-bond donors (Lipinski definition) is 0. The molecule has 2 heterocycles. The zero-order valence-electron chi connectivity index (χ0n) is 14.3. The van der Waals surface area contributed by atoms with Crippen LogP contribution in [0.2, 0.25) is 0 Å². The van der Waals surface area contributed by atoms with E-state index in [0.29, 0.717) is 10.8 Å². The largest absolute Gasteiger partial charge is 0.300 e. The Morgan fingerprint density at radius 1 is 1.18 bits per heavy atom. The van der Waals surface area contributed by atoms with Crippen LogP contribution < -0.4 is 4.90 Å². The third-order valence-electron chi connectivity index (χ3n) is 4.67. The molecule has 1 aliphatic rings. The fourth-order valence-electron chi connectivity index (χ4n) is 3.28. The minimum Gasteiger partial charge on any atom is -0.284 e. The lowest BCUT2D eigenvalue weighted by Gasteiger charge is -2.25. The minimum atomic E-state index is -0.530. The van der Waals surface area contributed by atoms with Crippen molar-refractivity contribution in [3.8, 4) is 0 Å². The maximum atomic E-state index is 13.9. The van der Waals surface area contributed by atoms with Crippen molar-refractivity contribution in [2.75, 3.05) is 4.90 Å². The molecule has 2 aromatic carbocycles. The van der Waals surface area contributed by atoms with Gasteiger partial charge in [-0.3, -0.25) is 15.0 Å². The number of nitrogens with zero attached hydrogens (tertiary/aromatic N) is 5. The SMILES string of the molecule is O=[N+]([O-])c1ccc(N(c2nccs2)c2ccc(F)cc2C2CC2)c2nonc12. The summed E-state index contributed by atoms with van der Waals surface area (Å²) in [5.41, 5.74) is 2.27. The zero-order chi connectivity index (χ0) is 19.3. The summed E-state index contributed by atoms with van der Waals surface area (Å²) < 4.78 is 18.7. The highest BCUT2D eigenvalue weighted by Gasteiger charge is 2.31. The summed E-state index contributed by atoms with van der Waals surface area (Å²) in [6.07, 6.45) is 3.64. The van der Waals surface area contributed by atoms with E-state index in [2.05, 4.69) is 15.3 Å². The number of nitro groups is 1. The molecule has 5 rings (SSSR count). The van der Waals surface area contributed by atoms with Crippen molar-refractivity contribution in [2.24, 2.45) is 0 Å². The Labute approximate surface area is 161 Å². The van der Waals surface area contributed by atoms with Gasteiger partial charge in [0.15, 0.2) is 10.6 Å². The summed E-state index contributed by atoms with van der Waals surface area (Å²) in [6.45, 7) is 0. The van der Waals surface area contributed by atoms with E-state index in [1.807, 2.05) is 10.3 Å².